The Morgan fingerprint density at radius 2 is 2.21 bits per heavy atom. The van der Waals surface area contributed by atoms with Crippen LogP contribution in [-0.4, -0.2) is 43.8 Å². The fourth-order valence-electron chi connectivity index (χ4n) is 3.94. The zero-order chi connectivity index (χ0) is 22.9. The largest absolute Gasteiger partial charge is 0.467 e. The molecule has 0 aliphatic carbocycles. The number of anilines is 1. The molecule has 2 aliphatic heterocycles. The van der Waals surface area contributed by atoms with Crippen LogP contribution in [0.1, 0.15) is 29.7 Å². The van der Waals surface area contributed by atoms with Crippen molar-refractivity contribution in [1.29, 1.82) is 0 Å². The van der Waals surface area contributed by atoms with Gasteiger partial charge in [-0.3, -0.25) is 18.9 Å². The highest BCUT2D eigenvalue weighted by Crippen LogP contribution is 2.34. The average Bonchev–Trinajstić information content (AvgIpc) is 3.55. The molecule has 0 bridgehead atoms. The molecule has 1 unspecified atom stereocenters. The highest BCUT2D eigenvalue weighted by molar-refractivity contribution is 8.26. The second-order valence-electron chi connectivity index (χ2n) is 7.92. The van der Waals surface area contributed by atoms with Crippen molar-refractivity contribution in [2.75, 3.05) is 18.5 Å². The molecule has 8 nitrogen and oxygen atoms in total. The maximum atomic E-state index is 13.4. The van der Waals surface area contributed by atoms with Crippen LogP contribution in [0.3, 0.4) is 0 Å². The third kappa shape index (κ3) is 4.33. The van der Waals surface area contributed by atoms with Gasteiger partial charge in [0.1, 0.15) is 21.5 Å². The summed E-state index contributed by atoms with van der Waals surface area (Å²) in [4.78, 5) is 33.2. The number of ether oxygens (including phenoxy) is 1. The number of amides is 1. The number of nitrogens with zero attached hydrogens (tertiary/aromatic N) is 3. The minimum Gasteiger partial charge on any atom is -0.467 e. The molecule has 3 aromatic rings. The SMILES string of the molecule is Cc1cccn2c(=O)c(/C=C3\SC(=S)N(CC4CCCO4)C3=O)c(NCc3ccco3)nc12. The molecule has 1 amide bonds. The van der Waals surface area contributed by atoms with E-state index >= 15 is 0 Å². The predicted molar refractivity (Wildman–Crippen MR) is 131 cm³/mol. The second-order valence-corrected chi connectivity index (χ2v) is 9.60. The van der Waals surface area contributed by atoms with Crippen LogP contribution in [0, 0.1) is 6.92 Å². The molecule has 0 spiro atoms. The summed E-state index contributed by atoms with van der Waals surface area (Å²) < 4.78 is 13.0. The molecule has 0 saturated carbocycles. The van der Waals surface area contributed by atoms with Crippen LogP contribution in [-0.2, 0) is 16.1 Å². The Kier molecular flexibility index (Phi) is 6.05. The lowest BCUT2D eigenvalue weighted by molar-refractivity contribution is -0.123. The van der Waals surface area contributed by atoms with Crippen LogP contribution >= 0.6 is 24.0 Å². The molecule has 170 valence electrons. The zero-order valence-corrected chi connectivity index (χ0v) is 19.6. The summed E-state index contributed by atoms with van der Waals surface area (Å²) in [6.07, 6.45) is 6.74. The molecule has 2 saturated heterocycles. The molecular weight excluding hydrogens is 460 g/mol. The smallest absolute Gasteiger partial charge is 0.267 e. The number of pyridine rings is 1. The molecule has 2 fully saturated rings. The number of thioether (sulfide) groups is 1. The Morgan fingerprint density at radius 1 is 1.33 bits per heavy atom. The standard InChI is InChI=1S/C23H22N4O4S2/c1-14-5-2-8-26-20(14)25-19(24-12-15-6-3-9-30-15)17(21(26)28)11-18-22(29)27(23(32)33-18)13-16-7-4-10-31-16/h2-3,5-6,8-9,11,16,24H,4,7,10,12-13H2,1H3/b18-11-. The van der Waals surface area contributed by atoms with Crippen molar-refractivity contribution >= 4 is 51.7 Å². The fraction of sp³-hybridized carbons (Fsp3) is 0.304. The van der Waals surface area contributed by atoms with Gasteiger partial charge in [0.25, 0.3) is 11.5 Å². The van der Waals surface area contributed by atoms with E-state index in [9.17, 15) is 9.59 Å². The number of aryl methyl sites for hydroxylation is 1. The normalized spacial score (nSPS) is 19.8. The molecule has 1 atom stereocenters. The quantitative estimate of drug-likeness (QED) is 0.421. The van der Waals surface area contributed by atoms with Crippen LogP contribution < -0.4 is 10.9 Å². The average molecular weight is 483 g/mol. The first-order valence-electron chi connectivity index (χ1n) is 10.7. The van der Waals surface area contributed by atoms with Gasteiger partial charge in [0.15, 0.2) is 0 Å². The van der Waals surface area contributed by atoms with Crippen molar-refractivity contribution in [3.05, 3.63) is 68.9 Å². The number of fused-ring (bicyclic) bond motifs is 1. The molecule has 1 N–H and O–H groups in total. The first-order valence-corrected chi connectivity index (χ1v) is 11.9. The van der Waals surface area contributed by atoms with E-state index in [-0.39, 0.29) is 17.6 Å². The minimum atomic E-state index is -0.268. The molecule has 3 aromatic heterocycles. The lowest BCUT2D eigenvalue weighted by atomic mass is 10.2. The molecule has 0 radical (unpaired) electrons. The van der Waals surface area contributed by atoms with E-state index in [1.807, 2.05) is 19.1 Å². The lowest BCUT2D eigenvalue weighted by Crippen LogP contribution is -2.35. The van der Waals surface area contributed by atoms with Gasteiger partial charge < -0.3 is 14.5 Å². The number of carbonyl (C=O) groups is 1. The van der Waals surface area contributed by atoms with Crippen molar-refractivity contribution in [3.8, 4) is 0 Å². The second kappa shape index (κ2) is 9.12. The minimum absolute atomic E-state index is 0.00620. The number of rotatable bonds is 6. The summed E-state index contributed by atoms with van der Waals surface area (Å²) in [5.74, 6) is 0.872. The van der Waals surface area contributed by atoms with Gasteiger partial charge in [-0.05, 0) is 49.6 Å². The molecule has 5 heterocycles. The molecule has 33 heavy (non-hydrogen) atoms. The van der Waals surface area contributed by atoms with E-state index in [1.165, 1.54) is 16.2 Å². The molecule has 0 aromatic carbocycles. The van der Waals surface area contributed by atoms with Crippen molar-refractivity contribution in [2.45, 2.75) is 32.4 Å². The van der Waals surface area contributed by atoms with Gasteiger partial charge in [-0.1, -0.05) is 30.0 Å². The topological polar surface area (TPSA) is 89.1 Å². The van der Waals surface area contributed by atoms with Crippen LogP contribution in [0.4, 0.5) is 5.82 Å². The molecule has 10 heteroatoms. The van der Waals surface area contributed by atoms with Gasteiger partial charge in [0.2, 0.25) is 0 Å². The number of thiocarbonyl (C=S) groups is 1. The molecular formula is C23H22N4O4S2. The first kappa shape index (κ1) is 21.9. The third-order valence-electron chi connectivity index (χ3n) is 5.65. The summed E-state index contributed by atoms with van der Waals surface area (Å²) >= 11 is 6.65. The van der Waals surface area contributed by atoms with Gasteiger partial charge in [0.05, 0.1) is 35.9 Å². The number of nitrogens with one attached hydrogen (secondary N) is 1. The van der Waals surface area contributed by atoms with E-state index in [1.54, 1.807) is 35.6 Å². The van der Waals surface area contributed by atoms with Crippen LogP contribution in [0.25, 0.3) is 11.7 Å². The number of hydrogen-bond acceptors (Lipinski definition) is 8. The first-order chi connectivity index (χ1) is 16.0. The highest BCUT2D eigenvalue weighted by Gasteiger charge is 2.35. The van der Waals surface area contributed by atoms with E-state index in [2.05, 4.69) is 5.32 Å². The Hall–Kier alpha value is -2.95. The fourth-order valence-corrected chi connectivity index (χ4v) is 5.20. The predicted octanol–water partition coefficient (Wildman–Crippen LogP) is 3.59. The number of carbonyl (C=O) groups excluding carboxylic acids is 1. The zero-order valence-electron chi connectivity index (χ0n) is 17.9. The van der Waals surface area contributed by atoms with Crippen molar-refractivity contribution in [2.24, 2.45) is 0 Å². The van der Waals surface area contributed by atoms with Crippen LogP contribution in [0.15, 0.2) is 50.8 Å². The number of aromatic nitrogens is 2. The molecule has 2 aliphatic rings. The van der Waals surface area contributed by atoms with Gasteiger partial charge >= 0.3 is 0 Å². The third-order valence-corrected chi connectivity index (χ3v) is 7.03. The van der Waals surface area contributed by atoms with Crippen LogP contribution in [0.5, 0.6) is 0 Å². The highest BCUT2D eigenvalue weighted by atomic mass is 32.2. The lowest BCUT2D eigenvalue weighted by Gasteiger charge is -2.18. The van der Waals surface area contributed by atoms with E-state index in [4.69, 9.17) is 26.4 Å². The Labute approximate surface area is 199 Å². The van der Waals surface area contributed by atoms with Gasteiger partial charge in [0, 0.05) is 12.8 Å². The number of furan rings is 1. The molecule has 5 rings (SSSR count). The summed E-state index contributed by atoms with van der Waals surface area (Å²) in [7, 11) is 0. The van der Waals surface area contributed by atoms with E-state index in [0.717, 1.165) is 18.4 Å². The summed E-state index contributed by atoms with van der Waals surface area (Å²) in [6.45, 7) is 3.38. The van der Waals surface area contributed by atoms with Gasteiger partial charge in [-0.2, -0.15) is 0 Å². The van der Waals surface area contributed by atoms with E-state index in [0.29, 0.717) is 51.7 Å². The van der Waals surface area contributed by atoms with Crippen molar-refractivity contribution in [1.82, 2.24) is 14.3 Å². The van der Waals surface area contributed by atoms with Crippen LogP contribution in [0.2, 0.25) is 0 Å². The van der Waals surface area contributed by atoms with Gasteiger partial charge in [-0.25, -0.2) is 4.98 Å². The monoisotopic (exact) mass is 482 g/mol. The summed E-state index contributed by atoms with van der Waals surface area (Å²) in [5, 5.41) is 3.20. The summed E-state index contributed by atoms with van der Waals surface area (Å²) in [6, 6.07) is 7.33. The van der Waals surface area contributed by atoms with Crippen molar-refractivity contribution in [3.63, 3.8) is 0 Å². The Morgan fingerprint density at radius 3 is 2.97 bits per heavy atom. The Balaban J connectivity index is 1.53. The number of hydrogen-bond donors (Lipinski definition) is 1. The Bertz CT molecular complexity index is 1310. The van der Waals surface area contributed by atoms with Gasteiger partial charge in [-0.15, -0.1) is 0 Å². The maximum Gasteiger partial charge on any atom is 0.267 e. The summed E-state index contributed by atoms with van der Waals surface area (Å²) in [5.41, 5.74) is 1.44. The maximum absolute atomic E-state index is 13.4. The van der Waals surface area contributed by atoms with Crippen molar-refractivity contribution < 1.29 is 13.9 Å². The van der Waals surface area contributed by atoms with E-state index < -0.39 is 0 Å².